The molecule has 1 aliphatic carbocycles. The van der Waals surface area contributed by atoms with Crippen molar-refractivity contribution in [2.45, 2.75) is 44.8 Å². The lowest BCUT2D eigenvalue weighted by molar-refractivity contribution is -0.131. The van der Waals surface area contributed by atoms with E-state index in [4.69, 9.17) is 0 Å². The molecule has 3 rings (SSSR count). The molecule has 1 amide bonds. The lowest BCUT2D eigenvalue weighted by Crippen LogP contribution is -2.42. The quantitative estimate of drug-likeness (QED) is 0.901. The highest BCUT2D eigenvalue weighted by Gasteiger charge is 2.38. The van der Waals surface area contributed by atoms with Gasteiger partial charge in [-0.25, -0.2) is 4.39 Å². The molecule has 1 heterocycles. The van der Waals surface area contributed by atoms with Gasteiger partial charge in [-0.05, 0) is 36.5 Å². The van der Waals surface area contributed by atoms with Crippen molar-refractivity contribution >= 4 is 5.91 Å². The Balaban J connectivity index is 1.82. The van der Waals surface area contributed by atoms with Crippen molar-refractivity contribution in [1.29, 1.82) is 0 Å². The van der Waals surface area contributed by atoms with E-state index in [0.29, 0.717) is 18.5 Å². The molecule has 1 aliphatic heterocycles. The van der Waals surface area contributed by atoms with E-state index < -0.39 is 0 Å². The van der Waals surface area contributed by atoms with E-state index in [-0.39, 0.29) is 17.9 Å². The Bertz CT molecular complexity index is 488. The van der Waals surface area contributed by atoms with Crippen molar-refractivity contribution in [2.24, 2.45) is 5.92 Å². The summed E-state index contributed by atoms with van der Waals surface area (Å²) >= 11 is 0. The highest BCUT2D eigenvalue weighted by atomic mass is 19.1. The van der Waals surface area contributed by atoms with E-state index in [9.17, 15) is 9.18 Å². The second kappa shape index (κ2) is 5.52. The zero-order valence-electron chi connectivity index (χ0n) is 11.8. The number of carbonyl (C=O) groups excluding carboxylic acids is 1. The van der Waals surface area contributed by atoms with Crippen LogP contribution < -0.4 is 5.32 Å². The van der Waals surface area contributed by atoms with Gasteiger partial charge in [0, 0.05) is 6.04 Å². The third kappa shape index (κ3) is 2.57. The molecular formula is C16H21FN2O. The lowest BCUT2D eigenvalue weighted by Gasteiger charge is -2.37. The molecule has 20 heavy (non-hydrogen) atoms. The maximum absolute atomic E-state index is 13.1. The highest BCUT2D eigenvalue weighted by molar-refractivity contribution is 5.81. The van der Waals surface area contributed by atoms with Crippen molar-refractivity contribution in [3.05, 3.63) is 35.6 Å². The Morgan fingerprint density at radius 3 is 2.70 bits per heavy atom. The van der Waals surface area contributed by atoms with E-state index in [1.807, 2.05) is 4.90 Å². The van der Waals surface area contributed by atoms with Crippen molar-refractivity contribution < 1.29 is 9.18 Å². The Morgan fingerprint density at radius 1 is 1.25 bits per heavy atom. The van der Waals surface area contributed by atoms with Gasteiger partial charge in [0.1, 0.15) is 12.0 Å². The van der Waals surface area contributed by atoms with Crippen LogP contribution in [0.4, 0.5) is 4.39 Å². The van der Waals surface area contributed by atoms with Gasteiger partial charge in [0.15, 0.2) is 0 Å². The van der Waals surface area contributed by atoms with Crippen LogP contribution in [0, 0.1) is 11.7 Å². The summed E-state index contributed by atoms with van der Waals surface area (Å²) in [6.45, 7) is 2.64. The number of benzene rings is 1. The smallest absolute Gasteiger partial charge is 0.238 e. The van der Waals surface area contributed by atoms with Crippen LogP contribution in [0.3, 0.4) is 0 Å². The van der Waals surface area contributed by atoms with E-state index in [1.165, 1.54) is 25.0 Å². The lowest BCUT2D eigenvalue weighted by atomic mass is 9.86. The van der Waals surface area contributed by atoms with Gasteiger partial charge < -0.3 is 4.90 Å². The van der Waals surface area contributed by atoms with Crippen molar-refractivity contribution in [3.63, 3.8) is 0 Å². The minimum Gasteiger partial charge on any atom is -0.319 e. The number of nitrogens with zero attached hydrogens (tertiary/aromatic N) is 1. The number of hydrogen-bond donors (Lipinski definition) is 1. The molecule has 0 radical (unpaired) electrons. The van der Waals surface area contributed by atoms with E-state index in [1.54, 1.807) is 12.1 Å². The SMILES string of the molecule is CC1CCCC(N2C(=O)CNC2c2ccc(F)cc2)C1. The molecule has 1 aromatic rings. The predicted octanol–water partition coefficient (Wildman–Crippen LogP) is 2.83. The highest BCUT2D eigenvalue weighted by Crippen LogP contribution is 2.33. The molecule has 3 unspecified atom stereocenters. The van der Waals surface area contributed by atoms with Crippen LogP contribution in [-0.2, 0) is 4.79 Å². The van der Waals surface area contributed by atoms with E-state index >= 15 is 0 Å². The number of hydrogen-bond acceptors (Lipinski definition) is 2. The topological polar surface area (TPSA) is 32.3 Å². The molecule has 1 N–H and O–H groups in total. The summed E-state index contributed by atoms with van der Waals surface area (Å²) in [7, 11) is 0. The van der Waals surface area contributed by atoms with Gasteiger partial charge >= 0.3 is 0 Å². The molecule has 2 fully saturated rings. The maximum atomic E-state index is 13.1. The monoisotopic (exact) mass is 276 g/mol. The zero-order chi connectivity index (χ0) is 14.1. The second-order valence-corrected chi connectivity index (χ2v) is 6.06. The molecule has 0 spiro atoms. The number of rotatable bonds is 2. The molecular weight excluding hydrogens is 255 g/mol. The van der Waals surface area contributed by atoms with Crippen LogP contribution >= 0.6 is 0 Å². The summed E-state index contributed by atoms with van der Waals surface area (Å²) < 4.78 is 13.1. The minimum atomic E-state index is -0.240. The molecule has 0 aromatic heterocycles. The van der Waals surface area contributed by atoms with Gasteiger partial charge in [0.2, 0.25) is 5.91 Å². The fraction of sp³-hybridized carbons (Fsp3) is 0.562. The summed E-state index contributed by atoms with van der Waals surface area (Å²) in [5.74, 6) is 0.602. The largest absolute Gasteiger partial charge is 0.319 e. The number of carbonyl (C=O) groups is 1. The zero-order valence-corrected chi connectivity index (χ0v) is 11.8. The van der Waals surface area contributed by atoms with Gasteiger partial charge in [-0.2, -0.15) is 0 Å². The summed E-state index contributed by atoms with van der Waals surface area (Å²) in [6, 6.07) is 6.77. The van der Waals surface area contributed by atoms with E-state index in [2.05, 4.69) is 12.2 Å². The second-order valence-electron chi connectivity index (χ2n) is 6.06. The van der Waals surface area contributed by atoms with Crippen LogP contribution in [0.2, 0.25) is 0 Å². The predicted molar refractivity (Wildman–Crippen MR) is 75.4 cm³/mol. The van der Waals surface area contributed by atoms with Gasteiger partial charge in [-0.15, -0.1) is 0 Å². The molecule has 1 aromatic carbocycles. The van der Waals surface area contributed by atoms with Gasteiger partial charge in [-0.1, -0.05) is 31.9 Å². The normalized spacial score (nSPS) is 30.8. The maximum Gasteiger partial charge on any atom is 0.238 e. The van der Waals surface area contributed by atoms with Gasteiger partial charge in [-0.3, -0.25) is 10.1 Å². The summed E-state index contributed by atoms with van der Waals surface area (Å²) in [5, 5.41) is 3.26. The van der Waals surface area contributed by atoms with Crippen LogP contribution in [0.1, 0.15) is 44.3 Å². The van der Waals surface area contributed by atoms with Crippen LogP contribution in [-0.4, -0.2) is 23.4 Å². The first-order valence-corrected chi connectivity index (χ1v) is 7.45. The van der Waals surface area contributed by atoms with E-state index in [0.717, 1.165) is 18.4 Å². The minimum absolute atomic E-state index is 0.0987. The molecule has 2 aliphatic rings. The van der Waals surface area contributed by atoms with Crippen molar-refractivity contribution in [1.82, 2.24) is 10.2 Å². The fourth-order valence-electron chi connectivity index (χ4n) is 3.51. The average Bonchev–Trinajstić information content (AvgIpc) is 2.81. The number of amides is 1. The van der Waals surface area contributed by atoms with Gasteiger partial charge in [0.05, 0.1) is 6.54 Å². The van der Waals surface area contributed by atoms with Crippen LogP contribution in [0.5, 0.6) is 0 Å². The number of nitrogens with one attached hydrogen (secondary N) is 1. The Hall–Kier alpha value is -1.42. The Labute approximate surface area is 119 Å². The fourth-order valence-corrected chi connectivity index (χ4v) is 3.51. The summed E-state index contributed by atoms with van der Waals surface area (Å²) in [4.78, 5) is 14.2. The Kier molecular flexibility index (Phi) is 3.74. The molecule has 108 valence electrons. The molecule has 4 heteroatoms. The van der Waals surface area contributed by atoms with Crippen molar-refractivity contribution in [2.75, 3.05) is 6.54 Å². The molecule has 0 bridgehead atoms. The molecule has 1 saturated carbocycles. The third-order valence-electron chi connectivity index (χ3n) is 4.50. The summed E-state index contributed by atoms with van der Waals surface area (Å²) in [6.07, 6.45) is 4.50. The third-order valence-corrected chi connectivity index (χ3v) is 4.50. The van der Waals surface area contributed by atoms with Crippen LogP contribution in [0.15, 0.2) is 24.3 Å². The number of halogens is 1. The average molecular weight is 276 g/mol. The first-order valence-electron chi connectivity index (χ1n) is 7.45. The molecule has 3 atom stereocenters. The molecule has 3 nitrogen and oxygen atoms in total. The Morgan fingerprint density at radius 2 is 2.00 bits per heavy atom. The molecule has 1 saturated heterocycles. The van der Waals surface area contributed by atoms with Gasteiger partial charge in [0.25, 0.3) is 0 Å². The van der Waals surface area contributed by atoms with Crippen molar-refractivity contribution in [3.8, 4) is 0 Å². The first kappa shape index (κ1) is 13.6. The standard InChI is InChI=1S/C16H21FN2O/c1-11-3-2-4-14(9-11)19-15(20)10-18-16(19)12-5-7-13(17)8-6-12/h5-8,11,14,16,18H,2-4,9-10H2,1H3. The van der Waals surface area contributed by atoms with Crippen LogP contribution in [0.25, 0.3) is 0 Å². The summed E-state index contributed by atoms with van der Waals surface area (Å²) in [5.41, 5.74) is 0.968. The first-order chi connectivity index (χ1) is 9.65.